The van der Waals surface area contributed by atoms with Crippen molar-refractivity contribution in [3.05, 3.63) is 0 Å². The van der Waals surface area contributed by atoms with Crippen LogP contribution in [-0.4, -0.2) is 72.8 Å². The quantitative estimate of drug-likeness (QED) is 0.451. The predicted molar refractivity (Wildman–Crippen MR) is 104 cm³/mol. The second kappa shape index (κ2) is 13.4. The van der Waals surface area contributed by atoms with Crippen molar-refractivity contribution >= 4 is 11.6 Å². The molecule has 0 saturated heterocycles. The molecule has 3 unspecified atom stereocenters. The molecule has 0 fully saturated rings. The zero-order valence-corrected chi connectivity index (χ0v) is 17.5. The smallest absolute Gasteiger partial charge is 0.152 e. The summed E-state index contributed by atoms with van der Waals surface area (Å²) in [6.45, 7) is 15.3. The number of carbonyl (C=O) groups is 2. The summed E-state index contributed by atoms with van der Waals surface area (Å²) in [6.07, 6.45) is 2.98. The number of ether oxygens (including phenoxy) is 1. The fraction of sp³-hybridized carbons (Fsp3) is 0.900. The summed E-state index contributed by atoms with van der Waals surface area (Å²) in [5, 5.41) is 0. The highest BCUT2D eigenvalue weighted by Gasteiger charge is 2.27. The minimum absolute atomic E-state index is 0.0448. The van der Waals surface area contributed by atoms with Gasteiger partial charge in [-0.2, -0.15) is 0 Å². The Morgan fingerprint density at radius 2 is 1.64 bits per heavy atom. The molecule has 25 heavy (non-hydrogen) atoms. The van der Waals surface area contributed by atoms with Crippen LogP contribution < -0.4 is 0 Å². The molecule has 0 aromatic rings. The van der Waals surface area contributed by atoms with Crippen LogP contribution in [-0.2, 0) is 14.3 Å². The Balaban J connectivity index is 4.88. The van der Waals surface area contributed by atoms with E-state index in [-0.39, 0.29) is 23.7 Å². The van der Waals surface area contributed by atoms with Gasteiger partial charge in [-0.15, -0.1) is 0 Å². The van der Waals surface area contributed by atoms with Crippen LogP contribution >= 0.6 is 0 Å². The van der Waals surface area contributed by atoms with E-state index in [4.69, 9.17) is 4.74 Å². The van der Waals surface area contributed by atoms with Crippen molar-refractivity contribution in [2.75, 3.05) is 33.4 Å². The number of hydrogen-bond donors (Lipinski definition) is 0. The summed E-state index contributed by atoms with van der Waals surface area (Å²) in [6, 6.07) is 0.0949. The summed E-state index contributed by atoms with van der Waals surface area (Å²) in [7, 11) is 1.65. The molecular weight excluding hydrogens is 316 g/mol. The lowest BCUT2D eigenvalue weighted by molar-refractivity contribution is -0.126. The van der Waals surface area contributed by atoms with Gasteiger partial charge in [0.1, 0.15) is 5.78 Å². The van der Waals surface area contributed by atoms with E-state index in [1.807, 2.05) is 20.8 Å². The monoisotopic (exact) mass is 356 g/mol. The van der Waals surface area contributed by atoms with Gasteiger partial charge in [0.15, 0.2) is 5.78 Å². The van der Waals surface area contributed by atoms with Crippen LogP contribution in [0.1, 0.15) is 67.2 Å². The molecule has 0 heterocycles. The normalized spacial score (nSPS) is 15.4. The van der Waals surface area contributed by atoms with Gasteiger partial charge in [-0.25, -0.2) is 0 Å². The molecule has 0 rings (SSSR count). The molecule has 0 aliphatic carbocycles. The van der Waals surface area contributed by atoms with Crippen LogP contribution in [0.3, 0.4) is 0 Å². The van der Waals surface area contributed by atoms with Crippen molar-refractivity contribution in [1.82, 2.24) is 9.80 Å². The van der Waals surface area contributed by atoms with E-state index in [9.17, 15) is 9.59 Å². The van der Waals surface area contributed by atoms with Crippen molar-refractivity contribution in [1.29, 1.82) is 0 Å². The predicted octanol–water partition coefficient (Wildman–Crippen LogP) is 3.16. The SMILES string of the molecule is CCCC(=O)C(COC)N(CC)CCC(C)N(CC)C(C)C(=O)CC. The number of ketones is 2. The van der Waals surface area contributed by atoms with E-state index >= 15 is 0 Å². The van der Waals surface area contributed by atoms with Crippen molar-refractivity contribution in [3.63, 3.8) is 0 Å². The summed E-state index contributed by atoms with van der Waals surface area (Å²) in [4.78, 5) is 29.0. The molecule has 0 aromatic heterocycles. The highest BCUT2D eigenvalue weighted by atomic mass is 16.5. The summed E-state index contributed by atoms with van der Waals surface area (Å²) in [5.74, 6) is 0.553. The maximum atomic E-state index is 12.4. The molecule has 0 amide bonds. The Kier molecular flexibility index (Phi) is 13.0. The summed E-state index contributed by atoms with van der Waals surface area (Å²) >= 11 is 0. The first-order chi connectivity index (χ1) is 11.9. The van der Waals surface area contributed by atoms with E-state index in [0.29, 0.717) is 25.5 Å². The van der Waals surface area contributed by atoms with Gasteiger partial charge in [-0.1, -0.05) is 27.7 Å². The first-order valence-electron chi connectivity index (χ1n) is 9.91. The van der Waals surface area contributed by atoms with Gasteiger partial charge >= 0.3 is 0 Å². The maximum Gasteiger partial charge on any atom is 0.152 e. The number of nitrogens with zero attached hydrogens (tertiary/aromatic N) is 2. The van der Waals surface area contributed by atoms with E-state index in [0.717, 1.165) is 32.5 Å². The topological polar surface area (TPSA) is 49.9 Å². The molecule has 0 bridgehead atoms. The third kappa shape index (κ3) is 7.97. The van der Waals surface area contributed by atoms with E-state index < -0.39 is 0 Å². The lowest BCUT2D eigenvalue weighted by atomic mass is 10.0. The first kappa shape index (κ1) is 24.2. The van der Waals surface area contributed by atoms with Gasteiger partial charge in [0.05, 0.1) is 18.7 Å². The van der Waals surface area contributed by atoms with Gasteiger partial charge in [0.25, 0.3) is 0 Å². The molecule has 5 heteroatoms. The average molecular weight is 357 g/mol. The third-order valence-corrected chi connectivity index (χ3v) is 5.12. The fourth-order valence-corrected chi connectivity index (χ4v) is 3.47. The largest absolute Gasteiger partial charge is 0.383 e. The number of likely N-dealkylation sites (N-methyl/N-ethyl adjacent to an activating group) is 2. The lowest BCUT2D eigenvalue weighted by Gasteiger charge is -2.35. The number of Topliss-reactive ketones (excluding diaryl/α,β-unsaturated/α-hetero) is 2. The molecule has 0 aromatic carbocycles. The Labute approximate surface area is 155 Å². The zero-order valence-electron chi connectivity index (χ0n) is 17.5. The van der Waals surface area contributed by atoms with E-state index in [1.54, 1.807) is 7.11 Å². The lowest BCUT2D eigenvalue weighted by Crippen LogP contribution is -2.48. The van der Waals surface area contributed by atoms with Crippen molar-refractivity contribution in [3.8, 4) is 0 Å². The Morgan fingerprint density at radius 1 is 1.00 bits per heavy atom. The van der Waals surface area contributed by atoms with Gasteiger partial charge < -0.3 is 4.74 Å². The number of hydrogen-bond acceptors (Lipinski definition) is 5. The van der Waals surface area contributed by atoms with Crippen molar-refractivity contribution < 1.29 is 14.3 Å². The maximum absolute atomic E-state index is 12.4. The summed E-state index contributed by atoms with van der Waals surface area (Å²) < 4.78 is 5.30. The van der Waals surface area contributed by atoms with Gasteiger partial charge in [-0.05, 0) is 39.8 Å². The Morgan fingerprint density at radius 3 is 2.08 bits per heavy atom. The fourth-order valence-electron chi connectivity index (χ4n) is 3.47. The molecule has 0 radical (unpaired) electrons. The van der Waals surface area contributed by atoms with Crippen LogP contribution in [0.25, 0.3) is 0 Å². The van der Waals surface area contributed by atoms with E-state index in [1.165, 1.54) is 0 Å². The summed E-state index contributed by atoms with van der Waals surface area (Å²) in [5.41, 5.74) is 0. The molecule has 0 saturated carbocycles. The standard InChI is InChI=1S/C20H40N2O3/c1-8-12-20(24)18(15-25-7)21(10-3)14-13-16(5)22(11-4)17(6)19(23)9-2/h16-18H,8-15H2,1-7H3. The second-order valence-corrected chi connectivity index (χ2v) is 6.78. The number of carbonyl (C=O) groups excluding carboxylic acids is 2. The van der Waals surface area contributed by atoms with Crippen LogP contribution in [0.2, 0.25) is 0 Å². The van der Waals surface area contributed by atoms with Gasteiger partial charge in [0.2, 0.25) is 0 Å². The molecule has 0 spiro atoms. The van der Waals surface area contributed by atoms with Gasteiger partial charge in [-0.3, -0.25) is 19.4 Å². The van der Waals surface area contributed by atoms with Crippen LogP contribution in [0, 0.1) is 0 Å². The first-order valence-corrected chi connectivity index (χ1v) is 9.91. The van der Waals surface area contributed by atoms with E-state index in [2.05, 4.69) is 30.6 Å². The van der Waals surface area contributed by atoms with Crippen LogP contribution in [0.4, 0.5) is 0 Å². The molecule has 3 atom stereocenters. The minimum Gasteiger partial charge on any atom is -0.383 e. The van der Waals surface area contributed by atoms with Crippen LogP contribution in [0.5, 0.6) is 0 Å². The molecule has 0 aliphatic heterocycles. The highest BCUT2D eigenvalue weighted by Crippen LogP contribution is 2.14. The molecule has 0 aliphatic rings. The van der Waals surface area contributed by atoms with Crippen molar-refractivity contribution in [2.45, 2.75) is 85.4 Å². The Bertz CT molecular complexity index is 387. The average Bonchev–Trinajstić information content (AvgIpc) is 2.61. The van der Waals surface area contributed by atoms with Gasteiger partial charge in [0, 0.05) is 32.5 Å². The number of methoxy groups -OCH3 is 1. The highest BCUT2D eigenvalue weighted by molar-refractivity contribution is 5.84. The molecule has 0 N–H and O–H groups in total. The number of rotatable bonds is 15. The zero-order chi connectivity index (χ0) is 19.4. The van der Waals surface area contributed by atoms with Crippen molar-refractivity contribution in [2.24, 2.45) is 0 Å². The Hall–Kier alpha value is -0.780. The van der Waals surface area contributed by atoms with Crippen LogP contribution in [0.15, 0.2) is 0 Å². The molecular formula is C20H40N2O3. The molecule has 148 valence electrons. The second-order valence-electron chi connectivity index (χ2n) is 6.78. The third-order valence-electron chi connectivity index (χ3n) is 5.12. The minimum atomic E-state index is -0.160. The molecule has 5 nitrogen and oxygen atoms in total.